The number of anilines is 2. The number of aliphatic hydroxyl groups excluding tert-OH is 1. The first kappa shape index (κ1) is 28.6. The molecule has 1 amide bonds. The molecule has 14 heteroatoms. The second kappa shape index (κ2) is 11.9. The smallest absolute Gasteiger partial charge is 0.274 e. The quantitative estimate of drug-likeness (QED) is 0.219. The second-order valence-corrected chi connectivity index (χ2v) is 10.7. The first-order valence-corrected chi connectivity index (χ1v) is 14.0. The van der Waals surface area contributed by atoms with Crippen LogP contribution in [0.15, 0.2) is 78.2 Å². The number of methoxy groups -OCH3 is 1. The highest BCUT2D eigenvalue weighted by Gasteiger charge is 2.22. The molecule has 11 nitrogen and oxygen atoms in total. The van der Waals surface area contributed by atoms with Gasteiger partial charge in [-0.3, -0.25) is 18.9 Å². The van der Waals surface area contributed by atoms with Gasteiger partial charge in [-0.05, 0) is 55.3 Å². The minimum absolute atomic E-state index is 0.0654. The Bertz CT molecular complexity index is 1880. The van der Waals surface area contributed by atoms with Crippen molar-refractivity contribution in [3.63, 3.8) is 0 Å². The van der Waals surface area contributed by atoms with E-state index in [1.165, 1.54) is 31.8 Å². The van der Waals surface area contributed by atoms with Gasteiger partial charge in [0, 0.05) is 41.9 Å². The van der Waals surface area contributed by atoms with Crippen molar-refractivity contribution in [1.29, 1.82) is 0 Å². The number of fused-ring (bicyclic) bond motifs is 1. The molecule has 0 fully saturated rings. The average Bonchev–Trinajstić information content (AvgIpc) is 3.40. The molecule has 0 aliphatic heterocycles. The fourth-order valence-corrected chi connectivity index (χ4v) is 5.27. The number of nitrogens with one attached hydrogen (secondary N) is 2. The Morgan fingerprint density at radius 2 is 1.83 bits per heavy atom. The third-order valence-electron chi connectivity index (χ3n) is 6.22. The average molecular weight is 595 g/mol. The van der Waals surface area contributed by atoms with Gasteiger partial charge in [0.25, 0.3) is 15.9 Å². The summed E-state index contributed by atoms with van der Waals surface area (Å²) in [6.45, 7) is 0.0654. The Morgan fingerprint density at radius 3 is 2.55 bits per heavy atom. The van der Waals surface area contributed by atoms with Gasteiger partial charge >= 0.3 is 0 Å². The summed E-state index contributed by atoms with van der Waals surface area (Å²) < 4.78 is 62.3. The maximum Gasteiger partial charge on any atom is 0.274 e. The summed E-state index contributed by atoms with van der Waals surface area (Å²) in [4.78, 5) is 25.1. The molecule has 0 bridgehead atoms. The van der Waals surface area contributed by atoms with Crippen molar-refractivity contribution >= 4 is 33.0 Å². The summed E-state index contributed by atoms with van der Waals surface area (Å²) >= 11 is 0. The van der Waals surface area contributed by atoms with E-state index in [-0.39, 0.29) is 23.9 Å². The summed E-state index contributed by atoms with van der Waals surface area (Å²) in [7, 11) is -3.18. The monoisotopic (exact) mass is 594 g/mol. The lowest BCUT2D eigenvalue weighted by atomic mass is 10.1. The fourth-order valence-electron chi connectivity index (χ4n) is 4.16. The first-order chi connectivity index (χ1) is 20.2. The molecule has 0 aliphatic rings. The molecule has 0 aliphatic carbocycles. The molecule has 3 N–H and O–H groups in total. The summed E-state index contributed by atoms with van der Waals surface area (Å²) in [6.07, 6.45) is 7.23. The van der Waals surface area contributed by atoms with Gasteiger partial charge in [-0.2, -0.15) is 0 Å². The van der Waals surface area contributed by atoms with Crippen molar-refractivity contribution in [2.24, 2.45) is 0 Å². The fraction of sp³-hybridized carbons (Fsp3) is 0.143. The Balaban J connectivity index is 1.43. The van der Waals surface area contributed by atoms with Crippen LogP contribution in [0.1, 0.15) is 22.6 Å². The van der Waals surface area contributed by atoms with E-state index in [1.54, 1.807) is 34.9 Å². The standard InChI is InChI=1S/C28H24F2N6O5S/c1-41-28-23(35-42(39,40)25-8-5-19(29)12-22(25)30)11-18(13-33-28)17-4-9-26-32-15-24(36(26)16-17)27(38)34-21-7-6-20(31-14-21)3-2-10-37/h4-9,11-16,35,37H,2-3,10H2,1H3,(H,34,38). The number of carbonyl (C=O) groups excluding carboxylic acids is 1. The summed E-state index contributed by atoms with van der Waals surface area (Å²) in [5.41, 5.74) is 2.89. The maximum absolute atomic E-state index is 14.2. The molecular weight excluding hydrogens is 570 g/mol. The highest BCUT2D eigenvalue weighted by atomic mass is 32.2. The van der Waals surface area contributed by atoms with E-state index in [4.69, 9.17) is 9.84 Å². The van der Waals surface area contributed by atoms with Crippen molar-refractivity contribution < 1.29 is 31.8 Å². The van der Waals surface area contributed by atoms with E-state index >= 15 is 0 Å². The normalized spacial score (nSPS) is 11.4. The number of sulfonamides is 1. The van der Waals surface area contributed by atoms with Crippen LogP contribution in [0.25, 0.3) is 16.8 Å². The summed E-state index contributed by atoms with van der Waals surface area (Å²) in [5, 5.41) is 11.8. The van der Waals surface area contributed by atoms with Crippen LogP contribution in [0.4, 0.5) is 20.2 Å². The number of pyridine rings is 3. The van der Waals surface area contributed by atoms with Crippen molar-refractivity contribution in [2.75, 3.05) is 23.8 Å². The van der Waals surface area contributed by atoms with Gasteiger partial charge in [-0.15, -0.1) is 0 Å². The number of aliphatic hydroxyl groups is 1. The van der Waals surface area contributed by atoms with Crippen LogP contribution in [-0.2, 0) is 16.4 Å². The van der Waals surface area contributed by atoms with Crippen LogP contribution >= 0.6 is 0 Å². The van der Waals surface area contributed by atoms with Crippen LogP contribution in [0, 0.1) is 11.6 Å². The Hall–Kier alpha value is -4.95. The number of hydrogen-bond acceptors (Lipinski definition) is 8. The van der Waals surface area contributed by atoms with E-state index in [2.05, 4.69) is 25.0 Å². The molecule has 0 saturated carbocycles. The van der Waals surface area contributed by atoms with E-state index in [1.807, 2.05) is 0 Å². The third kappa shape index (κ3) is 6.04. The van der Waals surface area contributed by atoms with Crippen LogP contribution in [0.3, 0.4) is 0 Å². The highest BCUT2D eigenvalue weighted by Crippen LogP contribution is 2.31. The van der Waals surface area contributed by atoms with Crippen molar-refractivity contribution in [2.45, 2.75) is 17.7 Å². The van der Waals surface area contributed by atoms with Gasteiger partial charge in [0.15, 0.2) is 0 Å². The predicted octanol–water partition coefficient (Wildman–Crippen LogP) is 4.06. The lowest BCUT2D eigenvalue weighted by Gasteiger charge is -2.13. The van der Waals surface area contributed by atoms with Crippen LogP contribution < -0.4 is 14.8 Å². The van der Waals surface area contributed by atoms with Gasteiger partial charge in [0.1, 0.15) is 33.6 Å². The molecule has 0 atom stereocenters. The molecule has 0 saturated heterocycles. The second-order valence-electron chi connectivity index (χ2n) is 9.07. The van der Waals surface area contributed by atoms with Gasteiger partial charge in [0.2, 0.25) is 5.88 Å². The molecule has 216 valence electrons. The van der Waals surface area contributed by atoms with E-state index in [9.17, 15) is 22.0 Å². The largest absolute Gasteiger partial charge is 0.480 e. The molecular formula is C28H24F2N6O5S. The van der Waals surface area contributed by atoms with Gasteiger partial charge in [-0.1, -0.05) is 0 Å². The van der Waals surface area contributed by atoms with Crippen LogP contribution in [0.2, 0.25) is 0 Å². The van der Waals surface area contributed by atoms with Gasteiger partial charge < -0.3 is 15.2 Å². The number of halogens is 2. The highest BCUT2D eigenvalue weighted by molar-refractivity contribution is 7.92. The number of aromatic nitrogens is 4. The number of rotatable bonds is 10. The molecule has 0 radical (unpaired) electrons. The molecule has 42 heavy (non-hydrogen) atoms. The van der Waals surface area contributed by atoms with Crippen molar-refractivity contribution in [3.8, 4) is 17.0 Å². The number of amides is 1. The van der Waals surface area contributed by atoms with E-state index in [0.717, 1.165) is 17.8 Å². The number of benzene rings is 1. The maximum atomic E-state index is 14.2. The zero-order chi connectivity index (χ0) is 29.9. The van der Waals surface area contributed by atoms with E-state index < -0.39 is 32.5 Å². The van der Waals surface area contributed by atoms with Crippen molar-refractivity contribution in [3.05, 3.63) is 96.3 Å². The third-order valence-corrected chi connectivity index (χ3v) is 7.62. The summed E-state index contributed by atoms with van der Waals surface area (Å²) in [5.74, 6) is -2.69. The van der Waals surface area contributed by atoms with Gasteiger partial charge in [0.05, 0.1) is 25.2 Å². The minimum atomic E-state index is -4.47. The SMILES string of the molecule is COc1ncc(-c2ccc3ncc(C(=O)Nc4ccc(CCCO)nc4)n3c2)cc1NS(=O)(=O)c1ccc(F)cc1F. The molecule has 4 aromatic heterocycles. The molecule has 5 aromatic rings. The van der Waals surface area contributed by atoms with Crippen LogP contribution in [0.5, 0.6) is 5.88 Å². The molecule has 4 heterocycles. The zero-order valence-electron chi connectivity index (χ0n) is 22.1. The number of imidazole rings is 1. The predicted molar refractivity (Wildman–Crippen MR) is 150 cm³/mol. The number of nitrogens with zero attached hydrogens (tertiary/aromatic N) is 4. The van der Waals surface area contributed by atoms with Crippen LogP contribution in [-0.4, -0.2) is 52.5 Å². The zero-order valence-corrected chi connectivity index (χ0v) is 22.9. The number of ether oxygens (including phenoxy) is 1. The molecule has 1 aromatic carbocycles. The van der Waals surface area contributed by atoms with E-state index in [0.29, 0.717) is 41.4 Å². The number of hydrogen-bond donors (Lipinski definition) is 3. The number of aryl methyl sites for hydroxylation is 1. The molecule has 5 rings (SSSR count). The topological polar surface area (TPSA) is 148 Å². The Morgan fingerprint density at radius 1 is 1.00 bits per heavy atom. The Kier molecular flexibility index (Phi) is 8.08. The molecule has 0 spiro atoms. The lowest BCUT2D eigenvalue weighted by Crippen LogP contribution is -2.16. The summed E-state index contributed by atoms with van der Waals surface area (Å²) in [6, 6.07) is 10.4. The number of carbonyl (C=O) groups is 1. The Labute approximate surface area is 238 Å². The first-order valence-electron chi connectivity index (χ1n) is 12.5. The van der Waals surface area contributed by atoms with Crippen molar-refractivity contribution in [1.82, 2.24) is 19.4 Å². The lowest BCUT2D eigenvalue weighted by molar-refractivity contribution is 0.102. The van der Waals surface area contributed by atoms with Gasteiger partial charge in [-0.25, -0.2) is 27.2 Å². The molecule has 0 unspecified atom stereocenters. The minimum Gasteiger partial charge on any atom is -0.480 e.